The van der Waals surface area contributed by atoms with Gasteiger partial charge in [0.1, 0.15) is 5.82 Å². The summed E-state index contributed by atoms with van der Waals surface area (Å²) in [4.78, 5) is 18.4. The van der Waals surface area contributed by atoms with Crippen molar-refractivity contribution < 1.29 is 0 Å². The lowest BCUT2D eigenvalue weighted by Gasteiger charge is -2.38. The van der Waals surface area contributed by atoms with Crippen LogP contribution in [0.4, 0.5) is 5.69 Å². The molecule has 6 heteroatoms. The van der Waals surface area contributed by atoms with Gasteiger partial charge in [-0.25, -0.2) is 4.98 Å². The molecule has 2 aliphatic heterocycles. The molecule has 4 heterocycles. The van der Waals surface area contributed by atoms with E-state index >= 15 is 0 Å². The number of nitrogens with one attached hydrogen (secondary N) is 2. The van der Waals surface area contributed by atoms with E-state index in [2.05, 4.69) is 70.1 Å². The highest BCUT2D eigenvalue weighted by Crippen LogP contribution is 2.34. The van der Waals surface area contributed by atoms with E-state index in [1.807, 2.05) is 12.3 Å². The van der Waals surface area contributed by atoms with Gasteiger partial charge in [0.15, 0.2) is 0 Å². The zero-order valence-electron chi connectivity index (χ0n) is 18.9. The maximum absolute atomic E-state index is 5.01. The van der Waals surface area contributed by atoms with Crippen molar-refractivity contribution >= 4 is 16.7 Å². The Morgan fingerprint density at radius 2 is 1.81 bits per heavy atom. The summed E-state index contributed by atoms with van der Waals surface area (Å²) in [6, 6.07) is 11.8. The fourth-order valence-electron chi connectivity index (χ4n) is 5.17. The van der Waals surface area contributed by atoms with E-state index in [1.54, 1.807) is 0 Å². The van der Waals surface area contributed by atoms with E-state index < -0.39 is 0 Å². The van der Waals surface area contributed by atoms with Crippen LogP contribution >= 0.6 is 0 Å². The van der Waals surface area contributed by atoms with Gasteiger partial charge < -0.3 is 9.88 Å². The Morgan fingerprint density at radius 1 is 1.00 bits per heavy atom. The Balaban J connectivity index is 1.38. The highest BCUT2D eigenvalue weighted by atomic mass is 15.3. The first kappa shape index (κ1) is 20.5. The summed E-state index contributed by atoms with van der Waals surface area (Å²) in [6.45, 7) is 11.1. The molecule has 2 aliphatic rings. The Hall–Kier alpha value is -2.44. The first-order valence-electron chi connectivity index (χ1n) is 11.8. The number of piperazine rings is 1. The molecule has 1 aromatic carbocycles. The number of piperidine rings is 1. The molecule has 0 unspecified atom stereocenters. The number of aromatic amines is 1. The minimum atomic E-state index is 0.234. The summed E-state index contributed by atoms with van der Waals surface area (Å²) >= 11 is 0. The van der Waals surface area contributed by atoms with E-state index in [0.29, 0.717) is 6.04 Å². The van der Waals surface area contributed by atoms with Gasteiger partial charge >= 0.3 is 0 Å². The Morgan fingerprint density at radius 3 is 2.58 bits per heavy atom. The highest BCUT2D eigenvalue weighted by Gasteiger charge is 2.28. The van der Waals surface area contributed by atoms with Crippen molar-refractivity contribution in [1.82, 2.24) is 25.2 Å². The van der Waals surface area contributed by atoms with Gasteiger partial charge in [-0.2, -0.15) is 0 Å². The first-order chi connectivity index (χ1) is 15.1. The third kappa shape index (κ3) is 4.06. The van der Waals surface area contributed by atoms with E-state index in [9.17, 15) is 0 Å². The number of fused-ring (bicyclic) bond motifs is 1. The lowest BCUT2D eigenvalue weighted by atomic mass is 9.94. The molecule has 2 atom stereocenters. The van der Waals surface area contributed by atoms with Crippen LogP contribution in [0.2, 0.25) is 0 Å². The van der Waals surface area contributed by atoms with Crippen LogP contribution in [0.15, 0.2) is 36.5 Å². The molecule has 0 saturated carbocycles. The van der Waals surface area contributed by atoms with Crippen LogP contribution in [0, 0.1) is 6.92 Å². The lowest BCUT2D eigenvalue weighted by molar-refractivity contribution is 0.209. The quantitative estimate of drug-likeness (QED) is 0.660. The fourth-order valence-corrected chi connectivity index (χ4v) is 5.17. The van der Waals surface area contributed by atoms with Crippen LogP contribution in [0.3, 0.4) is 0 Å². The van der Waals surface area contributed by atoms with Gasteiger partial charge in [-0.15, -0.1) is 0 Å². The molecule has 0 amide bonds. The second kappa shape index (κ2) is 8.60. The van der Waals surface area contributed by atoms with E-state index in [4.69, 9.17) is 4.98 Å². The zero-order chi connectivity index (χ0) is 21.4. The SMILES string of the molecule is Cc1cccnc1[C@@H]1CCC[C@H](c2nc3cccc(N4CCN(C(C)C)CC4)c3[nH]2)N1. The molecule has 5 rings (SSSR count). The molecule has 3 aromatic rings. The Bertz CT molecular complexity index is 1030. The van der Waals surface area contributed by atoms with Crippen LogP contribution in [0.25, 0.3) is 11.0 Å². The predicted octanol–water partition coefficient (Wildman–Crippen LogP) is 4.35. The molecule has 31 heavy (non-hydrogen) atoms. The molecule has 2 fully saturated rings. The van der Waals surface area contributed by atoms with Crippen molar-refractivity contribution in [2.45, 2.75) is 58.2 Å². The normalized spacial score (nSPS) is 23.0. The molecule has 2 aromatic heterocycles. The number of H-pyrrole nitrogens is 1. The van der Waals surface area contributed by atoms with E-state index in [1.165, 1.54) is 28.9 Å². The predicted molar refractivity (Wildman–Crippen MR) is 126 cm³/mol. The summed E-state index contributed by atoms with van der Waals surface area (Å²) < 4.78 is 0. The highest BCUT2D eigenvalue weighted by molar-refractivity contribution is 5.89. The molecule has 0 bridgehead atoms. The van der Waals surface area contributed by atoms with Crippen LogP contribution < -0.4 is 10.2 Å². The summed E-state index contributed by atoms with van der Waals surface area (Å²) in [5, 5.41) is 3.83. The van der Waals surface area contributed by atoms with Crippen LogP contribution in [-0.4, -0.2) is 52.1 Å². The van der Waals surface area contributed by atoms with Gasteiger partial charge in [0.25, 0.3) is 0 Å². The fraction of sp³-hybridized carbons (Fsp3) is 0.520. The minimum absolute atomic E-state index is 0.234. The molecular formula is C25H34N6. The summed E-state index contributed by atoms with van der Waals surface area (Å²) in [5.41, 5.74) is 5.96. The number of imidazole rings is 1. The van der Waals surface area contributed by atoms with Gasteiger partial charge in [0, 0.05) is 38.4 Å². The molecule has 2 N–H and O–H groups in total. The van der Waals surface area contributed by atoms with Gasteiger partial charge in [-0.05, 0) is 63.8 Å². The van der Waals surface area contributed by atoms with Crippen molar-refractivity contribution in [3.63, 3.8) is 0 Å². The largest absolute Gasteiger partial charge is 0.367 e. The number of pyridine rings is 1. The number of para-hydroxylation sites is 1. The standard InChI is InChI=1S/C25H34N6/c1-17(2)30-13-15-31(16-14-30)22-11-5-9-20-24(22)29-25(28-20)21-10-4-8-19(27-21)23-18(3)7-6-12-26-23/h5-7,9,11-12,17,19,21,27H,4,8,10,13-16H2,1-3H3,(H,28,29)/t19-,21+/m0/s1. The van der Waals surface area contributed by atoms with Crippen molar-refractivity contribution in [3.8, 4) is 0 Å². The average molecular weight is 419 g/mol. The molecule has 164 valence electrons. The zero-order valence-corrected chi connectivity index (χ0v) is 18.9. The Kier molecular flexibility index (Phi) is 5.67. The smallest absolute Gasteiger partial charge is 0.124 e. The first-order valence-corrected chi connectivity index (χ1v) is 11.8. The van der Waals surface area contributed by atoms with E-state index in [-0.39, 0.29) is 12.1 Å². The number of hydrogen-bond donors (Lipinski definition) is 2. The van der Waals surface area contributed by atoms with Crippen LogP contribution in [0.5, 0.6) is 0 Å². The average Bonchev–Trinajstić information content (AvgIpc) is 3.24. The summed E-state index contributed by atoms with van der Waals surface area (Å²) in [5.74, 6) is 1.06. The van der Waals surface area contributed by atoms with Gasteiger partial charge in [-0.1, -0.05) is 12.1 Å². The molecular weight excluding hydrogens is 384 g/mol. The third-order valence-corrected chi connectivity index (χ3v) is 7.00. The maximum atomic E-state index is 5.01. The van der Waals surface area contributed by atoms with Gasteiger partial charge in [0.05, 0.1) is 34.5 Å². The van der Waals surface area contributed by atoms with Crippen LogP contribution in [-0.2, 0) is 0 Å². The van der Waals surface area contributed by atoms with Crippen molar-refractivity contribution in [3.05, 3.63) is 53.6 Å². The molecule has 6 nitrogen and oxygen atoms in total. The number of aromatic nitrogens is 3. The van der Waals surface area contributed by atoms with E-state index in [0.717, 1.165) is 50.4 Å². The number of nitrogens with zero attached hydrogens (tertiary/aromatic N) is 4. The molecule has 2 saturated heterocycles. The summed E-state index contributed by atoms with van der Waals surface area (Å²) in [6.07, 6.45) is 5.31. The molecule has 0 spiro atoms. The van der Waals surface area contributed by atoms with Crippen molar-refractivity contribution in [2.24, 2.45) is 0 Å². The minimum Gasteiger partial charge on any atom is -0.367 e. The monoisotopic (exact) mass is 418 g/mol. The lowest BCUT2D eigenvalue weighted by Crippen LogP contribution is -2.48. The Labute approximate surface area is 185 Å². The van der Waals surface area contributed by atoms with Gasteiger partial charge in [0.2, 0.25) is 0 Å². The van der Waals surface area contributed by atoms with Gasteiger partial charge in [-0.3, -0.25) is 15.2 Å². The third-order valence-electron chi connectivity index (χ3n) is 7.00. The van der Waals surface area contributed by atoms with Crippen molar-refractivity contribution in [1.29, 1.82) is 0 Å². The second-order valence-electron chi connectivity index (χ2n) is 9.32. The number of hydrogen-bond acceptors (Lipinski definition) is 5. The second-order valence-corrected chi connectivity index (χ2v) is 9.32. The number of benzene rings is 1. The number of anilines is 1. The molecule has 0 aliphatic carbocycles. The topological polar surface area (TPSA) is 60.1 Å². The maximum Gasteiger partial charge on any atom is 0.124 e. The number of rotatable bonds is 4. The molecule has 0 radical (unpaired) electrons. The van der Waals surface area contributed by atoms with Crippen LogP contribution in [0.1, 0.15) is 62.3 Å². The van der Waals surface area contributed by atoms with Crippen molar-refractivity contribution in [2.75, 3.05) is 31.1 Å². The number of aryl methyl sites for hydroxylation is 1. The summed E-state index contributed by atoms with van der Waals surface area (Å²) in [7, 11) is 0.